The van der Waals surface area contributed by atoms with Crippen LogP contribution in [0.5, 0.6) is 5.75 Å². The van der Waals surface area contributed by atoms with Gasteiger partial charge in [0.1, 0.15) is 28.5 Å². The van der Waals surface area contributed by atoms with Crippen molar-refractivity contribution in [3.63, 3.8) is 0 Å². The molecule has 2 amide bonds. The molecule has 19 nitrogen and oxygen atoms in total. The lowest BCUT2D eigenvalue weighted by atomic mass is 10.0. The zero-order valence-electron chi connectivity index (χ0n) is 22.7. The molecule has 0 saturated carbocycles. The lowest BCUT2D eigenvalue weighted by molar-refractivity contribution is -0.150. The maximum atomic E-state index is 13.3. The first-order valence-electron chi connectivity index (χ1n) is 12.4. The molecule has 7 N–H and O–H groups in total. The maximum Gasteiger partial charge on any atom is 0.352 e. The highest BCUT2D eigenvalue weighted by Gasteiger charge is 2.54. The topological polar surface area (TPSA) is 277 Å². The summed E-state index contributed by atoms with van der Waals surface area (Å²) in [6.07, 6.45) is 0.752. The third-order valence-corrected chi connectivity index (χ3v) is 9.43. The van der Waals surface area contributed by atoms with E-state index in [1.165, 1.54) is 28.9 Å². The number of thioether (sulfide) groups is 2. The van der Waals surface area contributed by atoms with Gasteiger partial charge in [0.2, 0.25) is 5.43 Å². The minimum Gasteiger partial charge on any atom is -0.503 e. The molecule has 0 spiro atoms. The summed E-state index contributed by atoms with van der Waals surface area (Å²) in [4.78, 5) is 87.4. The largest absolute Gasteiger partial charge is 0.503 e. The molecule has 0 bridgehead atoms. The van der Waals surface area contributed by atoms with E-state index in [2.05, 4.69) is 25.5 Å². The van der Waals surface area contributed by atoms with Crippen molar-refractivity contribution >= 4 is 63.5 Å². The van der Waals surface area contributed by atoms with Crippen LogP contribution in [0.2, 0.25) is 0 Å². The predicted molar refractivity (Wildman–Crippen MR) is 158 cm³/mol. The van der Waals surface area contributed by atoms with Crippen LogP contribution in [0.25, 0.3) is 0 Å². The summed E-state index contributed by atoms with van der Waals surface area (Å²) in [5.41, 5.74) is 2.58. The van der Waals surface area contributed by atoms with Gasteiger partial charge in [0.05, 0.1) is 6.20 Å². The number of aromatic amines is 1. The van der Waals surface area contributed by atoms with Crippen LogP contribution in [-0.4, -0.2) is 91.2 Å². The van der Waals surface area contributed by atoms with Crippen LogP contribution < -0.4 is 27.6 Å². The summed E-state index contributed by atoms with van der Waals surface area (Å²) in [6, 6.07) is -0.250. The number of thiazole rings is 1. The van der Waals surface area contributed by atoms with Gasteiger partial charge in [0.15, 0.2) is 28.4 Å². The van der Waals surface area contributed by atoms with E-state index in [4.69, 9.17) is 10.6 Å². The minimum atomic E-state index is -1.37. The number of fused-ring (bicyclic) bond motifs is 1. The van der Waals surface area contributed by atoms with Crippen LogP contribution in [-0.2, 0) is 32.9 Å². The summed E-state index contributed by atoms with van der Waals surface area (Å²) in [7, 11) is 1.46. The number of H-pyrrole nitrogens is 1. The molecule has 0 unspecified atom stereocenters. The number of aliphatic carboxylic acids is 1. The van der Waals surface area contributed by atoms with Gasteiger partial charge in [0, 0.05) is 30.0 Å². The third-order valence-electron chi connectivity index (χ3n) is 6.30. The molecule has 3 aromatic heterocycles. The van der Waals surface area contributed by atoms with Gasteiger partial charge < -0.3 is 31.3 Å². The second-order valence-electron chi connectivity index (χ2n) is 9.25. The van der Waals surface area contributed by atoms with Gasteiger partial charge >= 0.3 is 17.1 Å². The molecule has 5 heterocycles. The van der Waals surface area contributed by atoms with Crippen LogP contribution in [0.3, 0.4) is 0 Å². The number of carbonyl (C=O) groups is 3. The fraction of sp³-hybridized carbons (Fsp3) is 0.261. The molecule has 5 rings (SSSR count). The van der Waals surface area contributed by atoms with E-state index in [0.29, 0.717) is 10.3 Å². The van der Waals surface area contributed by atoms with Gasteiger partial charge in [-0.2, -0.15) is 9.71 Å². The minimum absolute atomic E-state index is 0.00211. The molecule has 1 fully saturated rings. The number of amides is 2. The highest BCUT2D eigenvalue weighted by Crippen LogP contribution is 2.41. The first kappa shape index (κ1) is 31.3. The number of oxime groups is 1. The Morgan fingerprint density at radius 1 is 1.29 bits per heavy atom. The molecule has 3 aromatic rings. The van der Waals surface area contributed by atoms with E-state index in [0.717, 1.165) is 40.3 Å². The van der Waals surface area contributed by atoms with Crippen molar-refractivity contribution in [2.24, 2.45) is 12.2 Å². The van der Waals surface area contributed by atoms with Crippen LogP contribution in [0.4, 0.5) is 5.13 Å². The summed E-state index contributed by atoms with van der Waals surface area (Å²) in [6.45, 7) is -0.507. The van der Waals surface area contributed by atoms with E-state index in [9.17, 15) is 44.2 Å². The van der Waals surface area contributed by atoms with E-state index >= 15 is 0 Å². The molecule has 2 aliphatic rings. The number of aromatic nitrogens is 5. The maximum absolute atomic E-state index is 13.3. The standard InChI is InChI=1S/C23H21N9O10S3/c1-30-23(27-17(36)18(37)28-30)45-6-8-5-43-20-14(19(38)32(20)15(8)21(39)40)26-16(35)13(10-7-44-22(24)25-10)29-42-4-9-2-11(33)12(34)3-31(9)41/h2-3,7,14,20,34,41H,4-6H2,1H3,(H2,24,25)(H,26,35)(H,28,37)(H,39,40)/t14-,20-/m1/s1. The Kier molecular flexibility index (Phi) is 8.70. The first-order valence-corrected chi connectivity index (χ1v) is 15.3. The number of hydrogen-bond acceptors (Lipinski definition) is 16. The molecule has 45 heavy (non-hydrogen) atoms. The van der Waals surface area contributed by atoms with Crippen LogP contribution in [0.15, 0.2) is 53.6 Å². The summed E-state index contributed by atoms with van der Waals surface area (Å²) in [5, 5.41) is 38.7. The van der Waals surface area contributed by atoms with Crippen LogP contribution >= 0.6 is 34.9 Å². The van der Waals surface area contributed by atoms with Crippen molar-refractivity contribution in [3.05, 3.63) is 71.2 Å². The lowest BCUT2D eigenvalue weighted by Crippen LogP contribution is -2.71. The van der Waals surface area contributed by atoms with Gasteiger partial charge in [-0.25, -0.2) is 9.78 Å². The number of carboxylic acid groups (broad SMARTS) is 1. The quantitative estimate of drug-likeness (QED) is 0.0340. The molecule has 0 aromatic carbocycles. The highest BCUT2D eigenvalue weighted by atomic mass is 32.2. The Hall–Kier alpha value is -5.09. The molecule has 0 radical (unpaired) electrons. The molecular formula is C23H21N9O10S3. The first-order chi connectivity index (χ1) is 21.3. The van der Waals surface area contributed by atoms with Crippen molar-refractivity contribution in [1.82, 2.24) is 34.7 Å². The second kappa shape index (κ2) is 12.5. The van der Waals surface area contributed by atoms with Crippen molar-refractivity contribution < 1.29 is 34.6 Å². The molecule has 0 aliphatic carbocycles. The molecule has 1 saturated heterocycles. The Morgan fingerprint density at radius 3 is 2.73 bits per heavy atom. The zero-order valence-corrected chi connectivity index (χ0v) is 25.1. The van der Waals surface area contributed by atoms with E-state index in [1.807, 2.05) is 0 Å². The Bertz CT molecular complexity index is 1960. The molecule has 2 aliphatic heterocycles. The number of nitrogen functional groups attached to an aromatic ring is 1. The monoisotopic (exact) mass is 679 g/mol. The number of aryl methyl sites for hydroxylation is 1. The third kappa shape index (κ3) is 6.28. The van der Waals surface area contributed by atoms with E-state index < -0.39 is 63.8 Å². The average molecular weight is 680 g/mol. The van der Waals surface area contributed by atoms with Gasteiger partial charge in [-0.3, -0.25) is 38.7 Å². The van der Waals surface area contributed by atoms with Crippen molar-refractivity contribution in [2.45, 2.75) is 23.2 Å². The smallest absolute Gasteiger partial charge is 0.352 e. The number of aromatic hydroxyl groups is 1. The molecular weight excluding hydrogens is 659 g/mol. The number of rotatable bonds is 10. The normalized spacial score (nSPS) is 17.9. The number of carboxylic acids is 1. The van der Waals surface area contributed by atoms with Crippen molar-refractivity contribution in [1.29, 1.82) is 0 Å². The van der Waals surface area contributed by atoms with Crippen LogP contribution in [0.1, 0.15) is 11.4 Å². The Morgan fingerprint density at radius 2 is 2.04 bits per heavy atom. The summed E-state index contributed by atoms with van der Waals surface area (Å²) < 4.78 is 1.66. The molecule has 22 heteroatoms. The Balaban J connectivity index is 1.32. The number of nitrogens with zero attached hydrogens (tertiary/aromatic N) is 6. The van der Waals surface area contributed by atoms with Gasteiger partial charge in [-0.1, -0.05) is 16.9 Å². The number of carbonyl (C=O) groups excluding carboxylic acids is 2. The van der Waals surface area contributed by atoms with Gasteiger partial charge in [-0.15, -0.1) is 23.1 Å². The number of nitrogens with two attached hydrogens (primary N) is 1. The fourth-order valence-electron chi connectivity index (χ4n) is 4.17. The second-order valence-corrected chi connectivity index (χ2v) is 12.2. The number of nitrogens with one attached hydrogen (secondary N) is 2. The van der Waals surface area contributed by atoms with E-state index in [1.54, 1.807) is 0 Å². The summed E-state index contributed by atoms with van der Waals surface area (Å²) in [5.74, 6) is -3.49. The number of pyridine rings is 1. The summed E-state index contributed by atoms with van der Waals surface area (Å²) >= 11 is 3.19. The highest BCUT2D eigenvalue weighted by molar-refractivity contribution is 8.01. The SMILES string of the molecule is Cn1[nH]c(=O)c(=O)nc1SCC1=C(C(=O)O)N2C(=O)[C@@H](NC(=O)C(=NOCc3cc(=O)c(O)cn3O)c3csc(N)n3)[C@H]2SC1. The zero-order chi connectivity index (χ0) is 32.6. The van der Waals surface area contributed by atoms with Crippen molar-refractivity contribution in [2.75, 3.05) is 17.2 Å². The number of β-lactam (4-membered cyclic amide) rings is 1. The molecule has 236 valence electrons. The fourth-order valence-corrected chi connectivity index (χ4v) is 7.12. The van der Waals surface area contributed by atoms with Crippen LogP contribution in [0, 0.1) is 0 Å². The van der Waals surface area contributed by atoms with E-state index in [-0.39, 0.29) is 38.9 Å². The predicted octanol–water partition coefficient (Wildman–Crippen LogP) is -1.94. The number of hydrogen-bond donors (Lipinski definition) is 6. The lowest BCUT2D eigenvalue weighted by Gasteiger charge is -2.49. The Labute approximate surface area is 262 Å². The van der Waals surface area contributed by atoms with Gasteiger partial charge in [-0.05, 0) is 5.57 Å². The van der Waals surface area contributed by atoms with Gasteiger partial charge in [0.25, 0.3) is 11.8 Å². The molecule has 2 atom stereocenters. The van der Waals surface area contributed by atoms with Crippen molar-refractivity contribution in [3.8, 4) is 5.75 Å². The average Bonchev–Trinajstić information content (AvgIpc) is 3.42. The number of anilines is 1.